The molecule has 0 aliphatic rings. The summed E-state index contributed by atoms with van der Waals surface area (Å²) in [4.78, 5) is 33.4. The third-order valence-corrected chi connectivity index (χ3v) is 2.08. The Kier molecular flexibility index (Phi) is 7.94. The van der Waals surface area contributed by atoms with Crippen molar-refractivity contribution in [1.29, 1.82) is 5.26 Å². The van der Waals surface area contributed by atoms with E-state index in [2.05, 4.69) is 10.1 Å². The lowest BCUT2D eigenvalue weighted by Crippen LogP contribution is -2.44. The van der Waals surface area contributed by atoms with E-state index in [1.54, 1.807) is 6.92 Å². The molecule has 0 radical (unpaired) electrons. The van der Waals surface area contributed by atoms with Crippen LogP contribution >= 0.6 is 0 Å². The third-order valence-electron chi connectivity index (χ3n) is 2.08. The zero-order valence-electron chi connectivity index (χ0n) is 10.3. The van der Waals surface area contributed by atoms with Crippen LogP contribution in [0.1, 0.15) is 32.6 Å². The summed E-state index contributed by atoms with van der Waals surface area (Å²) >= 11 is 0. The van der Waals surface area contributed by atoms with Crippen molar-refractivity contribution in [3.63, 3.8) is 0 Å². The number of rotatable bonds is 8. The monoisotopic (exact) mass is 255 g/mol. The van der Waals surface area contributed by atoms with Crippen LogP contribution in [-0.2, 0) is 19.1 Å². The predicted molar refractivity (Wildman–Crippen MR) is 61.8 cm³/mol. The van der Waals surface area contributed by atoms with E-state index in [4.69, 9.17) is 11.0 Å². The van der Waals surface area contributed by atoms with Crippen LogP contribution in [0.2, 0.25) is 0 Å². The first kappa shape index (κ1) is 15.9. The van der Waals surface area contributed by atoms with Crippen molar-refractivity contribution in [3.05, 3.63) is 0 Å². The maximum atomic E-state index is 11.4. The van der Waals surface area contributed by atoms with Crippen LogP contribution in [0.5, 0.6) is 0 Å². The molecule has 0 spiro atoms. The number of primary amides is 1. The van der Waals surface area contributed by atoms with E-state index in [0.29, 0.717) is 0 Å². The first-order valence-electron chi connectivity index (χ1n) is 5.62. The third kappa shape index (κ3) is 7.22. The molecule has 100 valence electrons. The fourth-order valence-corrected chi connectivity index (χ4v) is 1.21. The molecule has 0 rings (SSSR count). The second-order valence-electron chi connectivity index (χ2n) is 3.52. The molecule has 0 bridgehead atoms. The molecule has 18 heavy (non-hydrogen) atoms. The van der Waals surface area contributed by atoms with Crippen molar-refractivity contribution in [1.82, 2.24) is 5.32 Å². The molecule has 0 aliphatic heterocycles. The number of amides is 2. The molecule has 7 nitrogen and oxygen atoms in total. The summed E-state index contributed by atoms with van der Waals surface area (Å²) in [6, 6.07) is 0.984. The van der Waals surface area contributed by atoms with Crippen molar-refractivity contribution < 1.29 is 19.1 Å². The number of nitrogens with zero attached hydrogens (tertiary/aromatic N) is 1. The van der Waals surface area contributed by atoms with Gasteiger partial charge in [-0.1, -0.05) is 0 Å². The molecule has 2 amide bonds. The first-order chi connectivity index (χ1) is 8.51. The number of ether oxygens (including phenoxy) is 1. The number of nitrogens with one attached hydrogen (secondary N) is 1. The van der Waals surface area contributed by atoms with E-state index in [-0.39, 0.29) is 32.3 Å². The molecule has 0 heterocycles. The quantitative estimate of drug-likeness (QED) is 0.571. The molecule has 0 aromatic carbocycles. The molecule has 0 saturated heterocycles. The minimum atomic E-state index is -0.876. The number of nitrogens with two attached hydrogens (primary N) is 1. The highest BCUT2D eigenvalue weighted by Gasteiger charge is 2.18. The Morgan fingerprint density at radius 2 is 2.06 bits per heavy atom. The van der Waals surface area contributed by atoms with E-state index in [0.717, 1.165) is 0 Å². The summed E-state index contributed by atoms with van der Waals surface area (Å²) < 4.78 is 4.66. The van der Waals surface area contributed by atoms with Crippen molar-refractivity contribution in [2.24, 2.45) is 5.73 Å². The lowest BCUT2D eigenvalue weighted by molar-refractivity contribution is -0.144. The van der Waals surface area contributed by atoms with Crippen LogP contribution in [0.4, 0.5) is 0 Å². The van der Waals surface area contributed by atoms with Crippen molar-refractivity contribution >= 4 is 17.8 Å². The van der Waals surface area contributed by atoms with Crippen molar-refractivity contribution in [3.8, 4) is 6.07 Å². The van der Waals surface area contributed by atoms with Gasteiger partial charge in [0, 0.05) is 12.8 Å². The van der Waals surface area contributed by atoms with Gasteiger partial charge in [-0.25, -0.2) is 0 Å². The Hall–Kier alpha value is -2.10. The summed E-state index contributed by atoms with van der Waals surface area (Å²) in [5.74, 6) is -1.64. The molecule has 0 saturated carbocycles. The Morgan fingerprint density at radius 1 is 1.39 bits per heavy atom. The summed E-state index contributed by atoms with van der Waals surface area (Å²) in [7, 11) is 0. The minimum Gasteiger partial charge on any atom is -0.466 e. The van der Waals surface area contributed by atoms with Gasteiger partial charge in [-0.3, -0.25) is 14.4 Å². The summed E-state index contributed by atoms with van der Waals surface area (Å²) in [6.45, 7) is 1.93. The fraction of sp³-hybridized carbons (Fsp3) is 0.636. The highest BCUT2D eigenvalue weighted by atomic mass is 16.5. The van der Waals surface area contributed by atoms with E-state index < -0.39 is 23.8 Å². The maximum Gasteiger partial charge on any atom is 0.306 e. The predicted octanol–water partition coefficient (Wildman–Crippen LogP) is -0.396. The minimum absolute atomic E-state index is 0.0522. The molecule has 0 aliphatic carbocycles. The molecular weight excluding hydrogens is 238 g/mol. The fourth-order valence-electron chi connectivity index (χ4n) is 1.21. The van der Waals surface area contributed by atoms with Crippen LogP contribution in [0.3, 0.4) is 0 Å². The van der Waals surface area contributed by atoms with Crippen LogP contribution in [-0.4, -0.2) is 30.4 Å². The number of carbonyl (C=O) groups is 3. The maximum absolute atomic E-state index is 11.4. The largest absolute Gasteiger partial charge is 0.466 e. The van der Waals surface area contributed by atoms with Gasteiger partial charge in [0.25, 0.3) is 0 Å². The summed E-state index contributed by atoms with van der Waals surface area (Å²) in [5, 5.41) is 10.8. The van der Waals surface area contributed by atoms with Gasteiger partial charge in [0.05, 0.1) is 19.1 Å². The molecule has 0 aromatic rings. The van der Waals surface area contributed by atoms with Crippen LogP contribution in [0.15, 0.2) is 0 Å². The van der Waals surface area contributed by atoms with Gasteiger partial charge < -0.3 is 15.8 Å². The average Bonchev–Trinajstić information content (AvgIpc) is 2.32. The van der Waals surface area contributed by atoms with Crippen molar-refractivity contribution in [2.45, 2.75) is 38.6 Å². The van der Waals surface area contributed by atoms with Crippen LogP contribution in [0.25, 0.3) is 0 Å². The Labute approximate surface area is 105 Å². The lowest BCUT2D eigenvalue weighted by atomic mass is 10.1. The molecule has 3 N–H and O–H groups in total. The summed E-state index contributed by atoms with van der Waals surface area (Å²) in [6.07, 6.45) is 0.154. The van der Waals surface area contributed by atoms with Gasteiger partial charge in [-0.2, -0.15) is 5.26 Å². The van der Waals surface area contributed by atoms with Gasteiger partial charge in [0.2, 0.25) is 11.8 Å². The zero-order valence-corrected chi connectivity index (χ0v) is 10.3. The smallest absolute Gasteiger partial charge is 0.306 e. The molecule has 1 atom stereocenters. The normalized spacial score (nSPS) is 11.1. The lowest BCUT2D eigenvalue weighted by Gasteiger charge is -2.13. The van der Waals surface area contributed by atoms with Gasteiger partial charge in [0.1, 0.15) is 6.04 Å². The van der Waals surface area contributed by atoms with Gasteiger partial charge >= 0.3 is 5.97 Å². The molecular formula is C11H17N3O4. The zero-order chi connectivity index (χ0) is 14.0. The van der Waals surface area contributed by atoms with Gasteiger partial charge in [0.15, 0.2) is 0 Å². The summed E-state index contributed by atoms with van der Waals surface area (Å²) in [5.41, 5.74) is 5.07. The second kappa shape index (κ2) is 8.98. The van der Waals surface area contributed by atoms with E-state index in [1.807, 2.05) is 6.07 Å². The Morgan fingerprint density at radius 3 is 2.56 bits per heavy atom. The Balaban J connectivity index is 4.06. The van der Waals surface area contributed by atoms with Crippen LogP contribution < -0.4 is 11.1 Å². The van der Waals surface area contributed by atoms with E-state index in [9.17, 15) is 14.4 Å². The van der Waals surface area contributed by atoms with Gasteiger partial charge in [-0.05, 0) is 13.3 Å². The molecule has 0 unspecified atom stereocenters. The number of esters is 1. The average molecular weight is 255 g/mol. The van der Waals surface area contributed by atoms with Crippen LogP contribution in [0, 0.1) is 11.3 Å². The second-order valence-corrected chi connectivity index (χ2v) is 3.52. The molecule has 0 aromatic heterocycles. The Bertz CT molecular complexity index is 349. The highest BCUT2D eigenvalue weighted by Crippen LogP contribution is 1.99. The number of hydrogen-bond donors (Lipinski definition) is 2. The van der Waals surface area contributed by atoms with Gasteiger partial charge in [-0.15, -0.1) is 0 Å². The van der Waals surface area contributed by atoms with Crippen molar-refractivity contribution in [2.75, 3.05) is 6.61 Å². The number of hydrogen-bond acceptors (Lipinski definition) is 5. The molecule has 7 heteroatoms. The van der Waals surface area contributed by atoms with E-state index >= 15 is 0 Å². The first-order valence-corrected chi connectivity index (χ1v) is 5.62. The highest BCUT2D eigenvalue weighted by molar-refractivity contribution is 5.87. The standard InChI is InChI=1S/C11H17N3O4/c1-2-18-10(16)6-5-9(15)14-8(11(13)17)4-3-7-12/h8H,2-6H2,1H3,(H2,13,17)(H,14,15)/t8-/m1/s1. The number of carbonyl (C=O) groups excluding carboxylic acids is 3. The van der Waals surface area contributed by atoms with E-state index in [1.165, 1.54) is 0 Å². The SMILES string of the molecule is CCOC(=O)CCC(=O)N[C@H](CCC#N)C(N)=O. The molecule has 0 fully saturated rings. The number of nitriles is 1. The topological polar surface area (TPSA) is 122 Å².